The number of aryl methyl sites for hydroxylation is 2. The van der Waals surface area contributed by atoms with Crippen molar-refractivity contribution >= 4 is 28.2 Å². The van der Waals surface area contributed by atoms with Crippen molar-refractivity contribution in [3.05, 3.63) is 34.1 Å². The lowest BCUT2D eigenvalue weighted by atomic mass is 9.93. The van der Waals surface area contributed by atoms with Gasteiger partial charge < -0.3 is 4.98 Å². The number of ketones is 1. The van der Waals surface area contributed by atoms with E-state index < -0.39 is 0 Å². The highest BCUT2D eigenvalue weighted by Gasteiger charge is 2.26. The molecule has 3 rings (SSSR count). The fraction of sp³-hybridized carbons (Fsp3) is 0.308. The van der Waals surface area contributed by atoms with Crippen molar-refractivity contribution in [3.63, 3.8) is 0 Å². The fourth-order valence-electron chi connectivity index (χ4n) is 2.29. The number of aromatic nitrogens is 2. The van der Waals surface area contributed by atoms with Gasteiger partial charge in [0.25, 0.3) is 5.91 Å². The van der Waals surface area contributed by atoms with Gasteiger partial charge in [-0.1, -0.05) is 0 Å². The van der Waals surface area contributed by atoms with E-state index in [1.54, 1.807) is 12.4 Å². The molecule has 2 heterocycles. The van der Waals surface area contributed by atoms with E-state index in [4.69, 9.17) is 0 Å². The first kappa shape index (κ1) is 12.1. The number of thiazole rings is 1. The third kappa shape index (κ3) is 2.19. The van der Waals surface area contributed by atoms with Gasteiger partial charge in [-0.15, -0.1) is 11.3 Å². The van der Waals surface area contributed by atoms with Gasteiger partial charge in [-0.2, -0.15) is 0 Å². The molecule has 0 aliphatic heterocycles. The molecule has 0 atom stereocenters. The molecule has 0 saturated heterocycles. The van der Waals surface area contributed by atoms with E-state index in [1.807, 2.05) is 6.92 Å². The third-order valence-electron chi connectivity index (χ3n) is 3.16. The van der Waals surface area contributed by atoms with Gasteiger partial charge in [0.1, 0.15) is 0 Å². The van der Waals surface area contributed by atoms with Crippen LogP contribution < -0.4 is 5.32 Å². The number of hydrogen-bond donors (Lipinski definition) is 2. The zero-order chi connectivity index (χ0) is 13.4. The monoisotopic (exact) mass is 275 g/mol. The van der Waals surface area contributed by atoms with Gasteiger partial charge in [-0.3, -0.25) is 14.9 Å². The number of nitrogens with zero attached hydrogens (tertiary/aromatic N) is 1. The maximum Gasteiger partial charge on any atom is 0.259 e. The Hall–Kier alpha value is -1.95. The standard InChI is InChI=1S/C13H13N3O2S/c1-7-5-15-13(19-7)16-12(18)8-6-14-9-3-2-4-10(17)11(8)9/h5-6,14H,2-4H2,1H3,(H,15,16,18). The number of amides is 1. The molecular weight excluding hydrogens is 262 g/mol. The van der Waals surface area contributed by atoms with Crippen molar-refractivity contribution in [3.8, 4) is 0 Å². The molecule has 0 radical (unpaired) electrons. The molecule has 1 aliphatic rings. The van der Waals surface area contributed by atoms with E-state index in [1.165, 1.54) is 11.3 Å². The van der Waals surface area contributed by atoms with Crippen LogP contribution in [0.15, 0.2) is 12.4 Å². The molecule has 6 heteroatoms. The van der Waals surface area contributed by atoms with Crippen LogP contribution in [0.25, 0.3) is 0 Å². The number of rotatable bonds is 2. The Balaban J connectivity index is 1.88. The summed E-state index contributed by atoms with van der Waals surface area (Å²) in [5, 5.41) is 3.29. The predicted octanol–water partition coefficient (Wildman–Crippen LogP) is 2.55. The lowest BCUT2D eigenvalue weighted by molar-refractivity contribution is 0.0956. The second-order valence-corrected chi connectivity index (χ2v) is 5.80. The average molecular weight is 275 g/mol. The van der Waals surface area contributed by atoms with E-state index >= 15 is 0 Å². The number of nitrogens with one attached hydrogen (secondary N) is 2. The maximum absolute atomic E-state index is 12.2. The number of carbonyl (C=O) groups excluding carboxylic acids is 2. The highest BCUT2D eigenvalue weighted by molar-refractivity contribution is 7.15. The molecule has 0 fully saturated rings. The minimum Gasteiger partial charge on any atom is -0.364 e. The van der Waals surface area contributed by atoms with Crippen molar-refractivity contribution in [2.75, 3.05) is 5.32 Å². The molecule has 98 valence electrons. The van der Waals surface area contributed by atoms with E-state index in [9.17, 15) is 9.59 Å². The Bertz CT molecular complexity index is 657. The van der Waals surface area contributed by atoms with E-state index in [-0.39, 0.29) is 11.7 Å². The molecule has 2 aromatic rings. The van der Waals surface area contributed by atoms with Crippen LogP contribution in [-0.2, 0) is 6.42 Å². The second-order valence-electron chi connectivity index (χ2n) is 4.56. The fourth-order valence-corrected chi connectivity index (χ4v) is 2.95. The zero-order valence-corrected chi connectivity index (χ0v) is 11.3. The van der Waals surface area contributed by atoms with Gasteiger partial charge in [0.15, 0.2) is 10.9 Å². The normalized spacial score (nSPS) is 14.3. The molecule has 0 spiro atoms. The Morgan fingerprint density at radius 1 is 1.47 bits per heavy atom. The Labute approximate surface area is 114 Å². The molecule has 0 saturated carbocycles. The zero-order valence-electron chi connectivity index (χ0n) is 10.4. The van der Waals surface area contributed by atoms with E-state index in [0.717, 1.165) is 23.4 Å². The molecule has 19 heavy (non-hydrogen) atoms. The molecule has 1 amide bonds. The van der Waals surface area contributed by atoms with Crippen LogP contribution in [0, 0.1) is 6.92 Å². The molecule has 2 N–H and O–H groups in total. The molecule has 0 bridgehead atoms. The van der Waals surface area contributed by atoms with Crippen molar-refractivity contribution in [1.82, 2.24) is 9.97 Å². The summed E-state index contributed by atoms with van der Waals surface area (Å²) in [6, 6.07) is 0. The number of aromatic amines is 1. The smallest absolute Gasteiger partial charge is 0.259 e. The minimum absolute atomic E-state index is 0.0444. The van der Waals surface area contributed by atoms with Crippen LogP contribution >= 0.6 is 11.3 Å². The first-order chi connectivity index (χ1) is 9.15. The number of H-pyrrole nitrogens is 1. The highest BCUT2D eigenvalue weighted by Crippen LogP contribution is 2.25. The van der Waals surface area contributed by atoms with Gasteiger partial charge in [0.2, 0.25) is 0 Å². The average Bonchev–Trinajstić information content (AvgIpc) is 2.96. The molecule has 0 unspecified atom stereocenters. The molecule has 1 aliphatic carbocycles. The van der Waals surface area contributed by atoms with Crippen LogP contribution in [0.3, 0.4) is 0 Å². The van der Waals surface area contributed by atoms with Gasteiger partial charge in [-0.05, 0) is 19.8 Å². The van der Waals surface area contributed by atoms with Gasteiger partial charge in [0.05, 0.1) is 11.1 Å². The van der Waals surface area contributed by atoms with E-state index in [2.05, 4.69) is 15.3 Å². The van der Waals surface area contributed by atoms with Crippen molar-refractivity contribution in [1.29, 1.82) is 0 Å². The Morgan fingerprint density at radius 2 is 2.32 bits per heavy atom. The van der Waals surface area contributed by atoms with Crippen molar-refractivity contribution in [2.24, 2.45) is 0 Å². The first-order valence-electron chi connectivity index (χ1n) is 6.12. The van der Waals surface area contributed by atoms with E-state index in [0.29, 0.717) is 22.7 Å². The minimum atomic E-state index is -0.276. The van der Waals surface area contributed by atoms with Crippen LogP contribution in [0.5, 0.6) is 0 Å². The molecule has 2 aromatic heterocycles. The van der Waals surface area contributed by atoms with Gasteiger partial charge in [-0.25, -0.2) is 4.98 Å². The molecule has 0 aromatic carbocycles. The summed E-state index contributed by atoms with van der Waals surface area (Å²) >= 11 is 1.41. The van der Waals surface area contributed by atoms with Gasteiger partial charge >= 0.3 is 0 Å². The summed E-state index contributed by atoms with van der Waals surface area (Å²) in [6.07, 6.45) is 5.51. The summed E-state index contributed by atoms with van der Waals surface area (Å²) in [6.45, 7) is 1.93. The summed E-state index contributed by atoms with van der Waals surface area (Å²) in [4.78, 5) is 32.2. The van der Waals surface area contributed by atoms with Gasteiger partial charge in [0, 0.05) is 29.4 Å². The van der Waals surface area contributed by atoms with Crippen LogP contribution in [-0.4, -0.2) is 21.7 Å². The number of hydrogen-bond acceptors (Lipinski definition) is 4. The maximum atomic E-state index is 12.2. The SMILES string of the molecule is Cc1cnc(NC(=O)c2c[nH]c3c2C(=O)CCC3)s1. The van der Waals surface area contributed by atoms with Crippen molar-refractivity contribution in [2.45, 2.75) is 26.2 Å². The summed E-state index contributed by atoms with van der Waals surface area (Å²) in [5.74, 6) is -0.231. The summed E-state index contributed by atoms with van der Waals surface area (Å²) in [7, 11) is 0. The molecular formula is C13H13N3O2S. The quantitative estimate of drug-likeness (QED) is 0.884. The lowest BCUT2D eigenvalue weighted by Gasteiger charge is -2.11. The number of anilines is 1. The van der Waals surface area contributed by atoms with Crippen LogP contribution in [0.2, 0.25) is 0 Å². The first-order valence-corrected chi connectivity index (χ1v) is 6.94. The molecule has 5 nitrogen and oxygen atoms in total. The summed E-state index contributed by atoms with van der Waals surface area (Å²) < 4.78 is 0. The Morgan fingerprint density at radius 3 is 3.05 bits per heavy atom. The van der Waals surface area contributed by atoms with Crippen LogP contribution in [0.1, 0.15) is 44.1 Å². The second kappa shape index (κ2) is 4.62. The lowest BCUT2D eigenvalue weighted by Crippen LogP contribution is -2.17. The highest BCUT2D eigenvalue weighted by atomic mass is 32.1. The number of fused-ring (bicyclic) bond motifs is 1. The topological polar surface area (TPSA) is 74.8 Å². The number of carbonyl (C=O) groups is 2. The number of Topliss-reactive ketones (excluding diaryl/α,β-unsaturated/α-hetero) is 1. The largest absolute Gasteiger partial charge is 0.364 e. The Kier molecular flexibility index (Phi) is 2.94. The predicted molar refractivity (Wildman–Crippen MR) is 72.9 cm³/mol. The third-order valence-corrected chi connectivity index (χ3v) is 3.99. The summed E-state index contributed by atoms with van der Waals surface area (Å²) in [5.41, 5.74) is 1.85. The van der Waals surface area contributed by atoms with Crippen molar-refractivity contribution < 1.29 is 9.59 Å². The van der Waals surface area contributed by atoms with Crippen LogP contribution in [0.4, 0.5) is 5.13 Å².